The Balaban J connectivity index is 2.35. The Morgan fingerprint density at radius 2 is 2.36 bits per heavy atom. The van der Waals surface area contributed by atoms with Gasteiger partial charge in [-0.15, -0.1) is 10.2 Å². The molecule has 2 heterocycles. The molecule has 0 radical (unpaired) electrons. The van der Waals surface area contributed by atoms with Crippen LogP contribution in [0.15, 0.2) is 23.4 Å². The Bertz CT molecular complexity index is 451. The highest BCUT2D eigenvalue weighted by Gasteiger charge is 2.02. The number of hydrogen-bond donors (Lipinski definition) is 1. The molecule has 68 valence electrons. The van der Waals surface area contributed by atoms with Gasteiger partial charge in [0.15, 0.2) is 0 Å². The Hall–Kier alpha value is -2.47. The van der Waals surface area contributed by atoms with E-state index in [0.717, 1.165) is 0 Å². The van der Waals surface area contributed by atoms with Gasteiger partial charge in [-0.3, -0.25) is 4.98 Å². The summed E-state index contributed by atoms with van der Waals surface area (Å²) in [4.78, 5) is 6.62. The molecule has 14 heavy (non-hydrogen) atoms. The molecule has 2 aromatic rings. The number of nitrogens with one attached hydrogen (secondary N) is 1. The number of aromatic amines is 1. The lowest BCUT2D eigenvalue weighted by Gasteiger charge is -1.92. The molecule has 0 saturated carbocycles. The van der Waals surface area contributed by atoms with E-state index in [2.05, 4.69) is 35.6 Å². The first-order valence-electron chi connectivity index (χ1n) is 3.65. The van der Waals surface area contributed by atoms with Crippen LogP contribution >= 0.6 is 0 Å². The van der Waals surface area contributed by atoms with E-state index in [1.54, 1.807) is 12.1 Å². The highest BCUT2D eigenvalue weighted by Crippen LogP contribution is 2.15. The second-order valence-electron chi connectivity index (χ2n) is 2.33. The molecule has 2 aromatic heterocycles. The minimum Gasteiger partial charge on any atom is -0.252 e. The summed E-state index contributed by atoms with van der Waals surface area (Å²) in [6.07, 6.45) is 1.44. The molecule has 2 rings (SSSR count). The van der Waals surface area contributed by atoms with Gasteiger partial charge < -0.3 is 0 Å². The summed E-state index contributed by atoms with van der Waals surface area (Å²) in [5.41, 5.74) is 9.17. The van der Waals surface area contributed by atoms with Gasteiger partial charge in [-0.2, -0.15) is 5.21 Å². The second-order valence-corrected chi connectivity index (χ2v) is 2.33. The lowest BCUT2D eigenvalue weighted by molar-refractivity contribution is 0.881. The molecular formula is C6H4N8. The Morgan fingerprint density at radius 1 is 1.43 bits per heavy atom. The molecule has 0 aliphatic carbocycles. The highest BCUT2D eigenvalue weighted by molar-refractivity contribution is 5.50. The van der Waals surface area contributed by atoms with E-state index in [4.69, 9.17) is 5.53 Å². The van der Waals surface area contributed by atoms with Gasteiger partial charge in [0.25, 0.3) is 0 Å². The highest BCUT2D eigenvalue weighted by atomic mass is 15.5. The van der Waals surface area contributed by atoms with Crippen LogP contribution in [0.4, 0.5) is 5.69 Å². The van der Waals surface area contributed by atoms with Gasteiger partial charge in [-0.25, -0.2) is 0 Å². The molecule has 1 N–H and O–H groups in total. The van der Waals surface area contributed by atoms with Crippen LogP contribution in [0.2, 0.25) is 0 Å². The smallest absolute Gasteiger partial charge is 0.222 e. The van der Waals surface area contributed by atoms with Crippen molar-refractivity contribution >= 4 is 5.69 Å². The van der Waals surface area contributed by atoms with Crippen molar-refractivity contribution in [2.45, 2.75) is 0 Å². The van der Waals surface area contributed by atoms with Crippen molar-refractivity contribution in [3.63, 3.8) is 0 Å². The van der Waals surface area contributed by atoms with Crippen LogP contribution in [-0.4, -0.2) is 25.6 Å². The third-order valence-electron chi connectivity index (χ3n) is 1.48. The van der Waals surface area contributed by atoms with Crippen molar-refractivity contribution in [1.82, 2.24) is 25.6 Å². The Morgan fingerprint density at radius 3 is 2.93 bits per heavy atom. The summed E-state index contributed by atoms with van der Waals surface area (Å²) in [5, 5.41) is 16.6. The van der Waals surface area contributed by atoms with Crippen molar-refractivity contribution in [3.05, 3.63) is 28.8 Å². The number of pyridine rings is 1. The van der Waals surface area contributed by atoms with Crippen molar-refractivity contribution in [3.8, 4) is 11.5 Å². The zero-order valence-corrected chi connectivity index (χ0v) is 6.86. The average molecular weight is 188 g/mol. The standard InChI is InChI=1S/C6H4N8/c7-12-9-4-1-2-5(8-3-4)6-10-13-14-11-6/h1-3H,(H,10,11,13,14). The number of tetrazole rings is 1. The van der Waals surface area contributed by atoms with Crippen LogP contribution in [0.5, 0.6) is 0 Å². The maximum atomic E-state index is 8.16. The lowest BCUT2D eigenvalue weighted by Crippen LogP contribution is -1.84. The van der Waals surface area contributed by atoms with Gasteiger partial charge in [0.1, 0.15) is 5.69 Å². The van der Waals surface area contributed by atoms with Crippen molar-refractivity contribution < 1.29 is 0 Å². The fourth-order valence-corrected chi connectivity index (χ4v) is 0.899. The fourth-order valence-electron chi connectivity index (χ4n) is 0.899. The molecule has 0 atom stereocenters. The SMILES string of the molecule is [N-]=[N+]=Nc1ccc(-c2nn[nH]n2)nc1. The normalized spacial score (nSPS) is 9.43. The van der Waals surface area contributed by atoms with E-state index in [1.807, 2.05) is 0 Å². The average Bonchev–Trinajstić information content (AvgIpc) is 2.72. The summed E-state index contributed by atoms with van der Waals surface area (Å²) in [6.45, 7) is 0. The molecular weight excluding hydrogens is 184 g/mol. The van der Waals surface area contributed by atoms with E-state index < -0.39 is 0 Å². The number of rotatable bonds is 2. The van der Waals surface area contributed by atoms with Gasteiger partial charge in [0.05, 0.1) is 5.69 Å². The molecule has 0 aliphatic rings. The van der Waals surface area contributed by atoms with Crippen LogP contribution in [-0.2, 0) is 0 Å². The maximum Gasteiger partial charge on any atom is 0.222 e. The molecule has 0 bridgehead atoms. The monoisotopic (exact) mass is 188 g/mol. The molecule has 8 heteroatoms. The van der Waals surface area contributed by atoms with Crippen molar-refractivity contribution in [2.75, 3.05) is 0 Å². The third kappa shape index (κ3) is 1.50. The summed E-state index contributed by atoms with van der Waals surface area (Å²) in [5.74, 6) is 0.400. The predicted octanol–water partition coefficient (Wildman–Crippen LogP) is 1.20. The number of H-pyrrole nitrogens is 1. The first-order valence-corrected chi connectivity index (χ1v) is 3.65. The van der Waals surface area contributed by atoms with Crippen LogP contribution in [0.25, 0.3) is 22.0 Å². The predicted molar refractivity (Wildman–Crippen MR) is 46.2 cm³/mol. The van der Waals surface area contributed by atoms with E-state index >= 15 is 0 Å². The van der Waals surface area contributed by atoms with Crippen molar-refractivity contribution in [2.24, 2.45) is 5.11 Å². The topological polar surface area (TPSA) is 116 Å². The van der Waals surface area contributed by atoms with Crippen LogP contribution in [0.3, 0.4) is 0 Å². The zero-order chi connectivity index (χ0) is 9.80. The lowest BCUT2D eigenvalue weighted by atomic mass is 10.3. The first-order chi connectivity index (χ1) is 6.90. The number of hydrogen-bond acceptors (Lipinski definition) is 5. The van der Waals surface area contributed by atoms with E-state index in [0.29, 0.717) is 17.2 Å². The van der Waals surface area contributed by atoms with Gasteiger partial charge in [0, 0.05) is 11.1 Å². The van der Waals surface area contributed by atoms with Gasteiger partial charge in [-0.1, -0.05) is 5.11 Å². The summed E-state index contributed by atoms with van der Waals surface area (Å²) in [7, 11) is 0. The quantitative estimate of drug-likeness (QED) is 0.432. The van der Waals surface area contributed by atoms with Crippen LogP contribution in [0, 0.1) is 0 Å². The van der Waals surface area contributed by atoms with E-state index in [9.17, 15) is 0 Å². The molecule has 0 amide bonds. The molecule has 0 aliphatic heterocycles. The summed E-state index contributed by atoms with van der Waals surface area (Å²) >= 11 is 0. The summed E-state index contributed by atoms with van der Waals surface area (Å²) in [6, 6.07) is 3.27. The first kappa shape index (κ1) is 8.14. The largest absolute Gasteiger partial charge is 0.252 e. The number of aromatic nitrogens is 5. The minimum atomic E-state index is 0.400. The minimum absolute atomic E-state index is 0.400. The van der Waals surface area contributed by atoms with Crippen LogP contribution in [0.1, 0.15) is 0 Å². The molecule has 0 unspecified atom stereocenters. The number of azide groups is 1. The molecule has 0 saturated heterocycles. The third-order valence-corrected chi connectivity index (χ3v) is 1.48. The maximum absolute atomic E-state index is 8.16. The van der Waals surface area contributed by atoms with Gasteiger partial charge >= 0.3 is 0 Å². The Kier molecular flexibility index (Phi) is 2.04. The van der Waals surface area contributed by atoms with Gasteiger partial charge in [0.2, 0.25) is 5.82 Å². The summed E-state index contributed by atoms with van der Waals surface area (Å²) < 4.78 is 0. The Labute approximate surface area is 77.6 Å². The van der Waals surface area contributed by atoms with Crippen molar-refractivity contribution in [1.29, 1.82) is 0 Å². The molecule has 0 aromatic carbocycles. The molecule has 0 spiro atoms. The molecule has 8 nitrogen and oxygen atoms in total. The fraction of sp³-hybridized carbons (Fsp3) is 0. The second kappa shape index (κ2) is 3.50. The molecule has 0 fully saturated rings. The van der Waals surface area contributed by atoms with Gasteiger partial charge in [-0.05, 0) is 22.9 Å². The van der Waals surface area contributed by atoms with Crippen LogP contribution < -0.4 is 0 Å². The van der Waals surface area contributed by atoms with E-state index in [-0.39, 0.29) is 0 Å². The van der Waals surface area contributed by atoms with E-state index in [1.165, 1.54) is 6.20 Å². The number of nitrogens with zero attached hydrogens (tertiary/aromatic N) is 7. The zero-order valence-electron chi connectivity index (χ0n) is 6.86.